The minimum absolute atomic E-state index is 0.307. The Morgan fingerprint density at radius 3 is 2.45 bits per heavy atom. The molecule has 0 unspecified atom stereocenters. The van der Waals surface area contributed by atoms with Gasteiger partial charge in [-0.15, -0.1) is 0 Å². The Balaban J connectivity index is 3.89. The van der Waals surface area contributed by atoms with Crippen molar-refractivity contribution in [1.82, 2.24) is 5.32 Å². The van der Waals surface area contributed by atoms with Crippen molar-refractivity contribution in [3.63, 3.8) is 0 Å². The molecule has 11 heavy (non-hydrogen) atoms. The summed E-state index contributed by atoms with van der Waals surface area (Å²) in [5.74, 6) is -1.29. The molecule has 0 saturated heterocycles. The Morgan fingerprint density at radius 1 is 1.64 bits per heavy atom. The Labute approximate surface area is 73.2 Å². The number of carbonyl (C=O) groups is 2. The number of carboxylic acid groups (broad SMARTS) is 1. The quantitative estimate of drug-likeness (QED) is 0.619. The molecule has 0 rings (SSSR count). The van der Waals surface area contributed by atoms with Crippen molar-refractivity contribution in [3.8, 4) is 0 Å². The fourth-order valence-electron chi connectivity index (χ4n) is 0.632. The van der Waals surface area contributed by atoms with Gasteiger partial charge in [0.2, 0.25) is 0 Å². The average molecular weight is 224 g/mol. The molecule has 0 aliphatic rings. The zero-order valence-corrected chi connectivity index (χ0v) is 8.08. The van der Waals surface area contributed by atoms with E-state index < -0.39 is 12.0 Å². The van der Waals surface area contributed by atoms with Gasteiger partial charge in [0.25, 0.3) is 0 Å². The maximum absolute atomic E-state index is 10.5. The summed E-state index contributed by atoms with van der Waals surface area (Å²) in [4.78, 5) is 20.9. The number of nitrogens with one attached hydrogen (secondary N) is 1. The maximum atomic E-state index is 10.5. The van der Waals surface area contributed by atoms with Crippen molar-refractivity contribution in [2.75, 3.05) is 0 Å². The van der Waals surface area contributed by atoms with Gasteiger partial charge >= 0.3 is 72.6 Å². The molecule has 0 aliphatic heterocycles. The molecule has 64 valence electrons. The molecule has 2 N–H and O–H groups in total. The van der Waals surface area contributed by atoms with Crippen molar-refractivity contribution < 1.29 is 14.7 Å². The summed E-state index contributed by atoms with van der Waals surface area (Å²) < 4.78 is 0. The monoisotopic (exact) mass is 225 g/mol. The van der Waals surface area contributed by atoms with Crippen LogP contribution in [0.4, 0.5) is 0 Å². The van der Waals surface area contributed by atoms with Crippen molar-refractivity contribution in [2.24, 2.45) is 0 Å². The van der Waals surface area contributed by atoms with Gasteiger partial charge in [-0.3, -0.25) is 0 Å². The van der Waals surface area contributed by atoms with E-state index in [0.717, 1.165) is 0 Å². The van der Waals surface area contributed by atoms with Crippen LogP contribution in [0.3, 0.4) is 0 Å². The molecule has 0 aliphatic carbocycles. The topological polar surface area (TPSA) is 66.4 Å². The summed E-state index contributed by atoms with van der Waals surface area (Å²) in [6.45, 7) is 1.31. The van der Waals surface area contributed by atoms with Crippen LogP contribution in [0.15, 0.2) is 0 Å². The summed E-state index contributed by atoms with van der Waals surface area (Å²) >= 11 is 2.28. The second kappa shape index (κ2) is 5.15. The Hall–Kier alpha value is -0.541. The van der Waals surface area contributed by atoms with E-state index in [9.17, 15) is 9.59 Å². The second-order valence-corrected chi connectivity index (χ2v) is 3.04. The van der Waals surface area contributed by atoms with Crippen LogP contribution in [0.25, 0.3) is 0 Å². The van der Waals surface area contributed by atoms with E-state index in [1.165, 1.54) is 6.92 Å². The van der Waals surface area contributed by atoms with Crippen molar-refractivity contribution in [3.05, 3.63) is 0 Å². The standard InChI is InChI=1S/C6H11NO3Se/c1-4(8)7-5(2-3-11)6(9)10/h5,11H,2-3H2,1H3,(H,7,8)(H,9,10)/t5-/m0/s1. The fraction of sp³-hybridized carbons (Fsp3) is 0.667. The number of rotatable bonds is 4. The van der Waals surface area contributed by atoms with Gasteiger partial charge in [0.1, 0.15) is 0 Å². The summed E-state index contributed by atoms with van der Waals surface area (Å²) in [7, 11) is 0. The van der Waals surface area contributed by atoms with E-state index in [0.29, 0.717) is 11.7 Å². The van der Waals surface area contributed by atoms with Crippen LogP contribution in [0.2, 0.25) is 5.32 Å². The van der Waals surface area contributed by atoms with Gasteiger partial charge in [0, 0.05) is 0 Å². The van der Waals surface area contributed by atoms with Gasteiger partial charge < -0.3 is 0 Å². The number of carboxylic acids is 1. The third kappa shape index (κ3) is 4.81. The summed E-state index contributed by atoms with van der Waals surface area (Å²) in [6.07, 6.45) is 0.453. The van der Waals surface area contributed by atoms with E-state index >= 15 is 0 Å². The zero-order chi connectivity index (χ0) is 8.85. The molecule has 0 aromatic rings. The first-order valence-electron chi connectivity index (χ1n) is 3.18. The molecule has 0 fully saturated rings. The van der Waals surface area contributed by atoms with Gasteiger partial charge in [-0.2, -0.15) is 0 Å². The minimum atomic E-state index is -0.980. The summed E-state index contributed by atoms with van der Waals surface area (Å²) in [6, 6.07) is -0.740. The molecule has 0 radical (unpaired) electrons. The van der Waals surface area contributed by atoms with Crippen molar-refractivity contribution in [1.29, 1.82) is 0 Å². The molecular formula is C6H11NO3Se. The van der Waals surface area contributed by atoms with Crippen LogP contribution in [0.5, 0.6) is 0 Å². The van der Waals surface area contributed by atoms with Crippen LogP contribution in [0.1, 0.15) is 13.3 Å². The van der Waals surface area contributed by atoms with E-state index in [-0.39, 0.29) is 5.91 Å². The predicted molar refractivity (Wildman–Crippen MR) is 41.8 cm³/mol. The van der Waals surface area contributed by atoms with Crippen molar-refractivity contribution in [2.45, 2.75) is 24.7 Å². The first-order chi connectivity index (χ1) is 5.07. The first-order valence-corrected chi connectivity index (χ1v) is 4.51. The molecule has 0 bridgehead atoms. The molecular weight excluding hydrogens is 213 g/mol. The van der Waals surface area contributed by atoms with Crippen LogP contribution in [-0.2, 0) is 9.59 Å². The summed E-state index contributed by atoms with van der Waals surface area (Å²) in [5, 5.41) is 11.5. The summed E-state index contributed by atoms with van der Waals surface area (Å²) in [5.41, 5.74) is 0. The molecule has 0 heterocycles. The van der Waals surface area contributed by atoms with E-state index in [2.05, 4.69) is 21.3 Å². The number of aliphatic carboxylic acids is 1. The number of hydrogen-bond acceptors (Lipinski definition) is 2. The van der Waals surface area contributed by atoms with E-state index in [1.807, 2.05) is 0 Å². The van der Waals surface area contributed by atoms with Crippen LogP contribution >= 0.6 is 0 Å². The molecule has 1 atom stereocenters. The SMILES string of the molecule is CC(=O)N[C@@H](CC[SeH])C(=O)O. The van der Waals surface area contributed by atoms with Crippen LogP contribution in [0, 0.1) is 0 Å². The van der Waals surface area contributed by atoms with E-state index in [4.69, 9.17) is 5.11 Å². The van der Waals surface area contributed by atoms with Crippen LogP contribution < -0.4 is 5.32 Å². The van der Waals surface area contributed by atoms with Gasteiger partial charge in [-0.1, -0.05) is 0 Å². The van der Waals surface area contributed by atoms with Gasteiger partial charge in [0.05, 0.1) is 0 Å². The number of carbonyl (C=O) groups excluding carboxylic acids is 1. The number of hydrogen-bond donors (Lipinski definition) is 2. The first kappa shape index (κ1) is 10.5. The third-order valence-corrected chi connectivity index (χ3v) is 1.64. The molecule has 1 amide bonds. The Bertz CT molecular complexity index is 160. The molecule has 0 spiro atoms. The van der Waals surface area contributed by atoms with Gasteiger partial charge in [-0.05, 0) is 0 Å². The molecule has 0 saturated carbocycles. The Morgan fingerprint density at radius 2 is 2.18 bits per heavy atom. The molecule has 4 nitrogen and oxygen atoms in total. The van der Waals surface area contributed by atoms with Gasteiger partial charge in [-0.25, -0.2) is 0 Å². The Kier molecular flexibility index (Phi) is 4.90. The molecule has 5 heteroatoms. The third-order valence-electron chi connectivity index (χ3n) is 1.09. The van der Waals surface area contributed by atoms with Crippen molar-refractivity contribution >= 4 is 27.9 Å². The van der Waals surface area contributed by atoms with Gasteiger partial charge in [0.15, 0.2) is 0 Å². The average Bonchev–Trinajstić information content (AvgIpc) is 1.86. The number of amides is 1. The predicted octanol–water partition coefficient (Wildman–Crippen LogP) is -0.715. The zero-order valence-electron chi connectivity index (χ0n) is 6.20. The fourth-order valence-corrected chi connectivity index (χ4v) is 1.17. The second-order valence-electron chi connectivity index (χ2n) is 2.10. The van der Waals surface area contributed by atoms with E-state index in [1.54, 1.807) is 0 Å². The molecule has 0 aromatic carbocycles. The van der Waals surface area contributed by atoms with Crippen LogP contribution in [-0.4, -0.2) is 39.0 Å². The molecule has 0 aromatic heterocycles. The normalized spacial score (nSPS) is 12.2.